The fourth-order valence-corrected chi connectivity index (χ4v) is 4.00. The van der Waals surface area contributed by atoms with Crippen molar-refractivity contribution in [1.82, 2.24) is 15.6 Å². The number of aliphatic imine (C=N–C) groups is 1. The Hall–Kier alpha value is -2.08. The van der Waals surface area contributed by atoms with Gasteiger partial charge in [0.25, 0.3) is 0 Å². The zero-order chi connectivity index (χ0) is 18.0. The lowest BCUT2D eigenvalue weighted by molar-refractivity contribution is 0.404. The van der Waals surface area contributed by atoms with Gasteiger partial charge >= 0.3 is 0 Å². The number of hydrogen-bond acceptors (Lipinski definition) is 4. The Kier molecular flexibility index (Phi) is 4.99. The van der Waals surface area contributed by atoms with E-state index in [0.717, 1.165) is 28.8 Å². The molecule has 2 aromatic rings. The molecule has 0 radical (unpaired) electrons. The maximum atomic E-state index is 5.53. The molecule has 0 spiro atoms. The van der Waals surface area contributed by atoms with E-state index in [1.807, 2.05) is 19.1 Å². The van der Waals surface area contributed by atoms with Crippen molar-refractivity contribution in [2.24, 2.45) is 4.99 Å². The highest BCUT2D eigenvalue weighted by atomic mass is 32.1. The molecule has 1 aliphatic carbocycles. The average Bonchev–Trinajstić information content (AvgIpc) is 3.16. The summed E-state index contributed by atoms with van der Waals surface area (Å²) in [5.41, 5.74) is 2.42. The molecule has 3 rings (SSSR count). The van der Waals surface area contributed by atoms with Crippen LogP contribution in [0.4, 0.5) is 0 Å². The Labute approximate surface area is 153 Å². The number of thiazole rings is 1. The first-order chi connectivity index (χ1) is 12.0. The van der Waals surface area contributed by atoms with Gasteiger partial charge in [-0.25, -0.2) is 4.98 Å². The van der Waals surface area contributed by atoms with Crippen molar-refractivity contribution >= 4 is 17.3 Å². The van der Waals surface area contributed by atoms with Crippen LogP contribution in [0.15, 0.2) is 29.3 Å². The van der Waals surface area contributed by atoms with E-state index < -0.39 is 0 Å². The highest BCUT2D eigenvalue weighted by Crippen LogP contribution is 2.50. The number of guanidine groups is 1. The van der Waals surface area contributed by atoms with Gasteiger partial charge in [-0.15, -0.1) is 11.3 Å². The van der Waals surface area contributed by atoms with Gasteiger partial charge in [0.15, 0.2) is 5.96 Å². The van der Waals surface area contributed by atoms with Crippen LogP contribution in [-0.2, 0) is 12.0 Å². The number of nitrogens with one attached hydrogen (secondary N) is 2. The summed E-state index contributed by atoms with van der Waals surface area (Å²) in [6, 6.07) is 8.59. The number of aromatic nitrogens is 1. The van der Waals surface area contributed by atoms with E-state index >= 15 is 0 Å². The number of aryl methyl sites for hydroxylation is 2. The molecule has 0 amide bonds. The Morgan fingerprint density at radius 3 is 2.80 bits per heavy atom. The van der Waals surface area contributed by atoms with Gasteiger partial charge in [-0.05, 0) is 26.3 Å². The highest BCUT2D eigenvalue weighted by molar-refractivity contribution is 7.11. The first-order valence-electron chi connectivity index (χ1n) is 8.51. The molecule has 0 saturated heterocycles. The van der Waals surface area contributed by atoms with E-state index in [0.29, 0.717) is 12.6 Å². The van der Waals surface area contributed by atoms with E-state index in [-0.39, 0.29) is 5.41 Å². The van der Waals surface area contributed by atoms with Crippen molar-refractivity contribution in [2.45, 2.75) is 45.2 Å². The van der Waals surface area contributed by atoms with Gasteiger partial charge in [0.2, 0.25) is 0 Å². The average molecular weight is 359 g/mol. The lowest BCUT2D eigenvalue weighted by Gasteiger charge is -2.18. The number of para-hydroxylation sites is 1. The SMILES string of the molecule is CN=C(NCc1nc(C)c(C)s1)NC1CC1(C)c1ccccc1OC. The van der Waals surface area contributed by atoms with Gasteiger partial charge in [0, 0.05) is 28.9 Å². The summed E-state index contributed by atoms with van der Waals surface area (Å²) in [7, 11) is 3.53. The summed E-state index contributed by atoms with van der Waals surface area (Å²) < 4.78 is 5.53. The topological polar surface area (TPSA) is 58.5 Å². The normalized spacial score (nSPS) is 22.6. The fraction of sp³-hybridized carbons (Fsp3) is 0.474. The number of hydrogen-bond donors (Lipinski definition) is 2. The van der Waals surface area contributed by atoms with Crippen LogP contribution in [0.1, 0.15) is 34.5 Å². The van der Waals surface area contributed by atoms with Crippen molar-refractivity contribution in [1.29, 1.82) is 0 Å². The predicted octanol–water partition coefficient (Wildman–Crippen LogP) is 3.16. The molecule has 1 aromatic carbocycles. The van der Waals surface area contributed by atoms with Crippen molar-refractivity contribution in [3.05, 3.63) is 45.4 Å². The summed E-state index contributed by atoms with van der Waals surface area (Å²) in [5.74, 6) is 1.76. The maximum Gasteiger partial charge on any atom is 0.191 e. The Morgan fingerprint density at radius 1 is 1.40 bits per heavy atom. The molecule has 2 unspecified atom stereocenters. The third-order valence-corrected chi connectivity index (χ3v) is 6.05. The second-order valence-corrected chi connectivity index (χ2v) is 7.98. The number of ether oxygens (including phenoxy) is 1. The summed E-state index contributed by atoms with van der Waals surface area (Å²) in [6.07, 6.45) is 1.06. The maximum absolute atomic E-state index is 5.53. The molecule has 1 aromatic heterocycles. The number of nitrogens with zero attached hydrogens (tertiary/aromatic N) is 2. The number of methoxy groups -OCH3 is 1. The summed E-state index contributed by atoms with van der Waals surface area (Å²) >= 11 is 1.73. The first-order valence-corrected chi connectivity index (χ1v) is 9.33. The van der Waals surface area contributed by atoms with Crippen molar-refractivity contribution in [3.8, 4) is 5.75 Å². The lowest BCUT2D eigenvalue weighted by atomic mass is 9.96. The standard InChI is InChI=1S/C19H26N4OS/c1-12-13(2)25-17(22-12)11-21-18(20-4)23-16-10-19(16,3)14-8-6-7-9-15(14)24-5/h6-9,16H,10-11H2,1-5H3,(H2,20,21,23). The minimum Gasteiger partial charge on any atom is -0.496 e. The Bertz CT molecular complexity index is 766. The molecule has 2 atom stereocenters. The van der Waals surface area contributed by atoms with Crippen LogP contribution >= 0.6 is 11.3 Å². The molecule has 1 heterocycles. The quantitative estimate of drug-likeness (QED) is 0.637. The minimum absolute atomic E-state index is 0.0680. The zero-order valence-corrected chi connectivity index (χ0v) is 16.3. The molecule has 1 saturated carbocycles. The van der Waals surface area contributed by atoms with E-state index in [1.165, 1.54) is 10.4 Å². The minimum atomic E-state index is 0.0680. The summed E-state index contributed by atoms with van der Waals surface area (Å²) in [5, 5.41) is 7.99. The van der Waals surface area contributed by atoms with Gasteiger partial charge < -0.3 is 15.4 Å². The molecule has 6 heteroatoms. The smallest absolute Gasteiger partial charge is 0.191 e. The van der Waals surface area contributed by atoms with E-state index in [2.05, 4.69) is 46.6 Å². The van der Waals surface area contributed by atoms with Crippen LogP contribution in [0, 0.1) is 13.8 Å². The highest BCUT2D eigenvalue weighted by Gasteiger charge is 2.53. The Balaban J connectivity index is 1.62. The Morgan fingerprint density at radius 2 is 2.16 bits per heavy atom. The zero-order valence-electron chi connectivity index (χ0n) is 15.5. The molecule has 1 fully saturated rings. The second kappa shape index (κ2) is 7.04. The van der Waals surface area contributed by atoms with E-state index in [9.17, 15) is 0 Å². The van der Waals surface area contributed by atoms with Gasteiger partial charge in [-0.3, -0.25) is 4.99 Å². The molecular formula is C19H26N4OS. The molecule has 2 N–H and O–H groups in total. The largest absolute Gasteiger partial charge is 0.496 e. The molecule has 5 nitrogen and oxygen atoms in total. The van der Waals surface area contributed by atoms with Crippen LogP contribution in [0.3, 0.4) is 0 Å². The second-order valence-electron chi connectivity index (χ2n) is 6.69. The molecule has 25 heavy (non-hydrogen) atoms. The van der Waals surface area contributed by atoms with Gasteiger partial charge in [-0.2, -0.15) is 0 Å². The van der Waals surface area contributed by atoms with Crippen LogP contribution in [0.5, 0.6) is 5.75 Å². The van der Waals surface area contributed by atoms with E-state index in [1.54, 1.807) is 25.5 Å². The van der Waals surface area contributed by atoms with Crippen molar-refractivity contribution < 1.29 is 4.74 Å². The third kappa shape index (κ3) is 3.63. The fourth-order valence-electron chi connectivity index (χ4n) is 3.12. The first kappa shape index (κ1) is 17.7. The predicted molar refractivity (Wildman–Crippen MR) is 104 cm³/mol. The van der Waals surface area contributed by atoms with Gasteiger partial charge in [0.05, 0.1) is 19.3 Å². The van der Waals surface area contributed by atoms with Crippen molar-refractivity contribution in [2.75, 3.05) is 14.2 Å². The van der Waals surface area contributed by atoms with Crippen LogP contribution in [0.2, 0.25) is 0 Å². The van der Waals surface area contributed by atoms with E-state index in [4.69, 9.17) is 4.74 Å². The molecular weight excluding hydrogens is 332 g/mol. The van der Waals surface area contributed by atoms with Gasteiger partial charge in [0.1, 0.15) is 10.8 Å². The molecule has 134 valence electrons. The van der Waals surface area contributed by atoms with Crippen LogP contribution < -0.4 is 15.4 Å². The lowest BCUT2D eigenvalue weighted by Crippen LogP contribution is -2.40. The monoisotopic (exact) mass is 358 g/mol. The van der Waals surface area contributed by atoms with Crippen LogP contribution in [-0.4, -0.2) is 31.1 Å². The number of rotatable bonds is 5. The molecule has 0 bridgehead atoms. The van der Waals surface area contributed by atoms with Crippen LogP contribution in [0.25, 0.3) is 0 Å². The number of benzene rings is 1. The third-order valence-electron chi connectivity index (χ3n) is 4.97. The van der Waals surface area contributed by atoms with Crippen molar-refractivity contribution in [3.63, 3.8) is 0 Å². The molecule has 1 aliphatic rings. The molecule has 0 aliphatic heterocycles. The summed E-state index contributed by atoms with van der Waals surface area (Å²) in [6.45, 7) is 7.11. The summed E-state index contributed by atoms with van der Waals surface area (Å²) in [4.78, 5) is 10.2. The van der Waals surface area contributed by atoms with Gasteiger partial charge in [-0.1, -0.05) is 25.1 Å².